The maximum absolute atomic E-state index is 5.90. The first-order valence-electron chi connectivity index (χ1n) is 10.3. The maximum Gasteiger partial charge on any atom is 0.148 e. The molecule has 0 amide bonds. The number of nitrogens with zero attached hydrogens (tertiary/aromatic N) is 2. The minimum absolute atomic E-state index is 0.240. The number of benzene rings is 2. The van der Waals surface area contributed by atoms with Crippen LogP contribution >= 0.6 is 0 Å². The third-order valence-corrected chi connectivity index (χ3v) is 4.74. The van der Waals surface area contributed by atoms with Crippen LogP contribution in [0.5, 0.6) is 11.5 Å². The normalized spacial score (nSPS) is 12.1. The smallest absolute Gasteiger partial charge is 0.148 e. The van der Waals surface area contributed by atoms with Crippen molar-refractivity contribution in [2.45, 2.75) is 52.6 Å². The lowest BCUT2D eigenvalue weighted by molar-refractivity contribution is 0.482. The molecule has 4 nitrogen and oxygen atoms in total. The lowest BCUT2D eigenvalue weighted by Gasteiger charge is -2.19. The molecule has 1 atom stereocenters. The standard InChI is InChI=1S/C24H31N3O/c1-4-8-23(25-24-16-18-27(26-24)17-15-19(2)3)20-11-13-22(14-12-20)28-21-9-6-5-7-10-21/h5-7,9-14,16,18-19,23H,4,8,15,17H2,1-3H3,(H,25,26). The van der Waals surface area contributed by atoms with E-state index in [1.165, 1.54) is 5.56 Å². The molecule has 3 rings (SSSR count). The fourth-order valence-electron chi connectivity index (χ4n) is 3.14. The van der Waals surface area contributed by atoms with Crippen molar-refractivity contribution < 1.29 is 4.74 Å². The minimum atomic E-state index is 0.240. The summed E-state index contributed by atoms with van der Waals surface area (Å²) in [6.45, 7) is 7.66. The number of ether oxygens (including phenoxy) is 1. The zero-order valence-electron chi connectivity index (χ0n) is 17.1. The molecule has 28 heavy (non-hydrogen) atoms. The molecule has 1 aromatic heterocycles. The Morgan fingerprint density at radius 3 is 2.32 bits per heavy atom. The Bertz CT molecular complexity index is 825. The van der Waals surface area contributed by atoms with Crippen LogP contribution in [0.25, 0.3) is 0 Å². The largest absolute Gasteiger partial charge is 0.457 e. The van der Waals surface area contributed by atoms with E-state index in [1.54, 1.807) is 0 Å². The molecule has 1 unspecified atom stereocenters. The quantitative estimate of drug-likeness (QED) is 0.428. The van der Waals surface area contributed by atoms with Gasteiger partial charge < -0.3 is 10.1 Å². The molecule has 0 aliphatic heterocycles. The number of hydrogen-bond acceptors (Lipinski definition) is 3. The third-order valence-electron chi connectivity index (χ3n) is 4.74. The lowest BCUT2D eigenvalue weighted by Crippen LogP contribution is -2.11. The van der Waals surface area contributed by atoms with Crippen molar-refractivity contribution in [3.05, 3.63) is 72.4 Å². The van der Waals surface area contributed by atoms with Gasteiger partial charge in [0.1, 0.15) is 17.3 Å². The number of anilines is 1. The second kappa shape index (κ2) is 9.98. The summed E-state index contributed by atoms with van der Waals surface area (Å²) in [6, 6.07) is 20.5. The minimum Gasteiger partial charge on any atom is -0.457 e. The molecule has 0 aliphatic rings. The van der Waals surface area contributed by atoms with Gasteiger partial charge in [-0.3, -0.25) is 4.68 Å². The first-order chi connectivity index (χ1) is 13.6. The lowest BCUT2D eigenvalue weighted by atomic mass is 10.0. The van der Waals surface area contributed by atoms with Crippen molar-refractivity contribution in [2.75, 3.05) is 5.32 Å². The molecule has 3 aromatic rings. The van der Waals surface area contributed by atoms with E-state index in [0.29, 0.717) is 5.92 Å². The van der Waals surface area contributed by atoms with Gasteiger partial charge in [0.2, 0.25) is 0 Å². The zero-order chi connectivity index (χ0) is 19.8. The average Bonchev–Trinajstić information content (AvgIpc) is 3.15. The Morgan fingerprint density at radius 1 is 0.929 bits per heavy atom. The number of aryl methyl sites for hydroxylation is 1. The summed E-state index contributed by atoms with van der Waals surface area (Å²) < 4.78 is 7.93. The first-order valence-corrected chi connectivity index (χ1v) is 10.3. The molecular formula is C24H31N3O. The Balaban J connectivity index is 1.64. The van der Waals surface area contributed by atoms with E-state index in [-0.39, 0.29) is 6.04 Å². The van der Waals surface area contributed by atoms with Crippen LogP contribution in [0.1, 0.15) is 51.6 Å². The van der Waals surface area contributed by atoms with Gasteiger partial charge in [-0.25, -0.2) is 0 Å². The summed E-state index contributed by atoms with van der Waals surface area (Å²) in [5, 5.41) is 8.28. The number of hydrogen-bond donors (Lipinski definition) is 1. The molecule has 0 radical (unpaired) electrons. The van der Waals surface area contributed by atoms with E-state index >= 15 is 0 Å². The molecule has 0 spiro atoms. The highest BCUT2D eigenvalue weighted by Gasteiger charge is 2.12. The van der Waals surface area contributed by atoms with Crippen LogP contribution in [0.2, 0.25) is 0 Å². The van der Waals surface area contributed by atoms with Gasteiger partial charge in [0.05, 0.1) is 6.04 Å². The van der Waals surface area contributed by atoms with Crippen molar-refractivity contribution in [3.8, 4) is 11.5 Å². The van der Waals surface area contributed by atoms with E-state index < -0.39 is 0 Å². The van der Waals surface area contributed by atoms with E-state index in [0.717, 1.165) is 43.1 Å². The zero-order valence-corrected chi connectivity index (χ0v) is 17.1. The number of para-hydroxylation sites is 1. The SMILES string of the molecule is CCCC(Nc1ccn(CCC(C)C)n1)c1ccc(Oc2ccccc2)cc1. The fraction of sp³-hybridized carbons (Fsp3) is 0.375. The summed E-state index contributed by atoms with van der Waals surface area (Å²) in [6.07, 6.45) is 5.36. The van der Waals surface area contributed by atoms with Gasteiger partial charge in [-0.15, -0.1) is 0 Å². The van der Waals surface area contributed by atoms with Gasteiger partial charge >= 0.3 is 0 Å². The van der Waals surface area contributed by atoms with Gasteiger partial charge in [-0.1, -0.05) is 57.5 Å². The highest BCUT2D eigenvalue weighted by molar-refractivity contribution is 5.39. The van der Waals surface area contributed by atoms with Crippen LogP contribution in [0.15, 0.2) is 66.9 Å². The summed E-state index contributed by atoms with van der Waals surface area (Å²) >= 11 is 0. The fourth-order valence-corrected chi connectivity index (χ4v) is 3.14. The second-order valence-electron chi connectivity index (χ2n) is 7.62. The molecule has 1 N–H and O–H groups in total. The van der Waals surface area contributed by atoms with Crippen LogP contribution in [-0.4, -0.2) is 9.78 Å². The summed E-state index contributed by atoms with van der Waals surface area (Å²) in [4.78, 5) is 0. The maximum atomic E-state index is 5.90. The van der Waals surface area contributed by atoms with Crippen molar-refractivity contribution in [1.29, 1.82) is 0 Å². The van der Waals surface area contributed by atoms with Gasteiger partial charge in [-0.2, -0.15) is 5.10 Å². The Hall–Kier alpha value is -2.75. The highest BCUT2D eigenvalue weighted by Crippen LogP contribution is 2.27. The monoisotopic (exact) mass is 377 g/mol. The number of aromatic nitrogens is 2. The molecule has 0 saturated carbocycles. The summed E-state index contributed by atoms with van der Waals surface area (Å²) in [5.41, 5.74) is 1.25. The Labute approximate surface area is 168 Å². The Kier molecular flexibility index (Phi) is 7.12. The van der Waals surface area contributed by atoms with Crippen LogP contribution < -0.4 is 10.1 Å². The second-order valence-corrected chi connectivity index (χ2v) is 7.62. The van der Waals surface area contributed by atoms with Crippen molar-refractivity contribution >= 4 is 5.82 Å². The number of rotatable bonds is 10. The van der Waals surface area contributed by atoms with Crippen LogP contribution in [0, 0.1) is 5.92 Å². The van der Waals surface area contributed by atoms with E-state index in [2.05, 4.69) is 55.6 Å². The highest BCUT2D eigenvalue weighted by atomic mass is 16.5. The van der Waals surface area contributed by atoms with E-state index in [9.17, 15) is 0 Å². The van der Waals surface area contributed by atoms with E-state index in [1.807, 2.05) is 47.1 Å². The molecule has 0 fully saturated rings. The summed E-state index contributed by atoms with van der Waals surface area (Å²) in [7, 11) is 0. The van der Waals surface area contributed by atoms with Gasteiger partial charge in [-0.05, 0) is 48.6 Å². The van der Waals surface area contributed by atoms with E-state index in [4.69, 9.17) is 4.74 Å². The van der Waals surface area contributed by atoms with Gasteiger partial charge in [0, 0.05) is 18.8 Å². The number of nitrogens with one attached hydrogen (secondary N) is 1. The molecule has 0 aliphatic carbocycles. The van der Waals surface area contributed by atoms with Gasteiger partial charge in [0.25, 0.3) is 0 Å². The van der Waals surface area contributed by atoms with Crippen LogP contribution in [-0.2, 0) is 6.54 Å². The van der Waals surface area contributed by atoms with Crippen molar-refractivity contribution in [3.63, 3.8) is 0 Å². The summed E-state index contributed by atoms with van der Waals surface area (Å²) in [5.74, 6) is 3.32. The molecular weight excluding hydrogens is 346 g/mol. The molecule has 1 heterocycles. The third kappa shape index (κ3) is 5.88. The predicted octanol–water partition coefficient (Wildman–Crippen LogP) is 6.67. The molecule has 2 aromatic carbocycles. The Morgan fingerprint density at radius 2 is 1.64 bits per heavy atom. The first kappa shape index (κ1) is 20.0. The molecule has 0 saturated heterocycles. The van der Waals surface area contributed by atoms with Crippen LogP contribution in [0.4, 0.5) is 5.82 Å². The van der Waals surface area contributed by atoms with Crippen LogP contribution in [0.3, 0.4) is 0 Å². The average molecular weight is 378 g/mol. The topological polar surface area (TPSA) is 39.1 Å². The molecule has 4 heteroatoms. The predicted molar refractivity (Wildman–Crippen MR) is 116 cm³/mol. The van der Waals surface area contributed by atoms with Gasteiger partial charge in [0.15, 0.2) is 0 Å². The van der Waals surface area contributed by atoms with Crippen molar-refractivity contribution in [1.82, 2.24) is 9.78 Å². The molecule has 148 valence electrons. The molecule has 0 bridgehead atoms. The van der Waals surface area contributed by atoms with Crippen molar-refractivity contribution in [2.24, 2.45) is 5.92 Å².